The summed E-state index contributed by atoms with van der Waals surface area (Å²) in [6, 6.07) is 9.99. The average molecular weight is 435 g/mol. The molecule has 0 aliphatic heterocycles. The van der Waals surface area contributed by atoms with Gasteiger partial charge in [-0.15, -0.1) is 0 Å². The Morgan fingerprint density at radius 1 is 1.20 bits per heavy atom. The van der Waals surface area contributed by atoms with Crippen molar-refractivity contribution in [3.8, 4) is 0 Å². The maximum absolute atomic E-state index is 14.9. The molecule has 0 aromatic heterocycles. The van der Waals surface area contributed by atoms with Gasteiger partial charge in [-0.1, -0.05) is 24.6 Å². The minimum atomic E-state index is -3.76. The summed E-state index contributed by atoms with van der Waals surface area (Å²) in [5.41, 5.74) is 3.31. The number of nitrogens with two attached hydrogens (primary N) is 1. The molecule has 2 aliphatic rings. The Hall–Kier alpha value is -1.83. The van der Waals surface area contributed by atoms with Crippen molar-refractivity contribution in [1.29, 1.82) is 0 Å². The summed E-state index contributed by atoms with van der Waals surface area (Å²) < 4.78 is 51.9. The number of primary sulfonamides is 1. The third-order valence-corrected chi connectivity index (χ3v) is 8.71. The molecular weight excluding hydrogens is 406 g/mol. The Morgan fingerprint density at radius 2 is 1.97 bits per heavy atom. The molecule has 2 aromatic rings. The zero-order chi connectivity index (χ0) is 21.5. The van der Waals surface area contributed by atoms with Gasteiger partial charge in [0.05, 0.1) is 4.75 Å². The summed E-state index contributed by atoms with van der Waals surface area (Å²) >= 11 is 0. The van der Waals surface area contributed by atoms with Crippen molar-refractivity contribution in [2.75, 3.05) is 13.6 Å². The first-order valence-electron chi connectivity index (χ1n) is 10.4. The molecule has 4 rings (SSSR count). The van der Waals surface area contributed by atoms with Crippen molar-refractivity contribution in [3.05, 3.63) is 70.3 Å². The van der Waals surface area contributed by atoms with Crippen LogP contribution in [0.2, 0.25) is 0 Å². The second kappa shape index (κ2) is 8.02. The van der Waals surface area contributed by atoms with E-state index in [9.17, 15) is 17.2 Å². The van der Waals surface area contributed by atoms with Crippen LogP contribution in [0.1, 0.15) is 47.4 Å². The summed E-state index contributed by atoms with van der Waals surface area (Å²) in [6.07, 6.45) is 3.23. The molecule has 1 fully saturated rings. The maximum atomic E-state index is 14.9. The Balaban J connectivity index is 1.69. The smallest absolute Gasteiger partial charge is 0.215 e. The van der Waals surface area contributed by atoms with Crippen molar-refractivity contribution < 1.29 is 17.2 Å². The number of hydrogen-bond donors (Lipinski definition) is 2. The van der Waals surface area contributed by atoms with Gasteiger partial charge in [0, 0.05) is 0 Å². The summed E-state index contributed by atoms with van der Waals surface area (Å²) in [7, 11) is -1.87. The van der Waals surface area contributed by atoms with E-state index in [4.69, 9.17) is 5.14 Å². The highest BCUT2D eigenvalue weighted by Crippen LogP contribution is 2.44. The number of benzene rings is 2. The molecule has 2 atom stereocenters. The van der Waals surface area contributed by atoms with E-state index in [0.29, 0.717) is 24.8 Å². The number of fused-ring (bicyclic) bond motifs is 1. The van der Waals surface area contributed by atoms with E-state index in [1.54, 1.807) is 18.2 Å². The summed E-state index contributed by atoms with van der Waals surface area (Å²) in [5.74, 6) is -0.256. The molecule has 30 heavy (non-hydrogen) atoms. The molecule has 2 unspecified atom stereocenters. The Bertz CT molecular complexity index is 1050. The van der Waals surface area contributed by atoms with E-state index in [1.165, 1.54) is 6.07 Å². The SMILES string of the molecule is CNCC1Cc2cc(F)c(CC3(S(N)(=O)=O)CCC3)cc2C1Cc1cccc(F)c1. The van der Waals surface area contributed by atoms with Crippen LogP contribution in [0.3, 0.4) is 0 Å². The lowest BCUT2D eigenvalue weighted by Crippen LogP contribution is -2.50. The minimum absolute atomic E-state index is 0.105. The number of rotatable bonds is 7. The maximum Gasteiger partial charge on any atom is 0.215 e. The molecular formula is C23H28F2N2O2S. The van der Waals surface area contributed by atoms with Crippen LogP contribution in [-0.2, 0) is 29.3 Å². The fourth-order valence-corrected chi connectivity index (χ4v) is 6.38. The van der Waals surface area contributed by atoms with Crippen LogP contribution in [0.5, 0.6) is 0 Å². The first kappa shape index (κ1) is 21.4. The van der Waals surface area contributed by atoms with Gasteiger partial charge in [-0.3, -0.25) is 0 Å². The molecule has 4 nitrogen and oxygen atoms in total. The molecule has 162 valence electrons. The zero-order valence-corrected chi connectivity index (χ0v) is 17.9. The number of hydrogen-bond acceptors (Lipinski definition) is 3. The third-order valence-electron chi connectivity index (χ3n) is 6.95. The zero-order valence-electron chi connectivity index (χ0n) is 17.1. The second-order valence-electron chi connectivity index (χ2n) is 8.86. The Morgan fingerprint density at radius 3 is 2.57 bits per heavy atom. The highest BCUT2D eigenvalue weighted by atomic mass is 32.2. The van der Waals surface area contributed by atoms with E-state index in [-0.39, 0.29) is 29.9 Å². The van der Waals surface area contributed by atoms with Crippen LogP contribution in [0.15, 0.2) is 36.4 Å². The molecule has 0 amide bonds. The molecule has 1 saturated carbocycles. The predicted octanol–water partition coefficient (Wildman–Crippen LogP) is 3.44. The van der Waals surface area contributed by atoms with Crippen LogP contribution in [0.4, 0.5) is 8.78 Å². The van der Waals surface area contributed by atoms with Gasteiger partial charge in [-0.25, -0.2) is 22.3 Å². The lowest BCUT2D eigenvalue weighted by molar-refractivity contribution is 0.331. The van der Waals surface area contributed by atoms with Gasteiger partial charge in [0.2, 0.25) is 10.0 Å². The fraction of sp³-hybridized carbons (Fsp3) is 0.478. The normalized spacial score (nSPS) is 22.5. The van der Waals surface area contributed by atoms with Crippen molar-refractivity contribution in [1.82, 2.24) is 5.32 Å². The van der Waals surface area contributed by atoms with Gasteiger partial charge >= 0.3 is 0 Å². The molecule has 3 N–H and O–H groups in total. The van der Waals surface area contributed by atoms with Gasteiger partial charge in [0.25, 0.3) is 0 Å². The molecule has 2 aliphatic carbocycles. The van der Waals surface area contributed by atoms with E-state index in [0.717, 1.165) is 36.1 Å². The topological polar surface area (TPSA) is 72.2 Å². The van der Waals surface area contributed by atoms with Gasteiger partial charge < -0.3 is 5.32 Å². The monoisotopic (exact) mass is 434 g/mol. The van der Waals surface area contributed by atoms with Crippen molar-refractivity contribution in [3.63, 3.8) is 0 Å². The lowest BCUT2D eigenvalue weighted by atomic mass is 9.78. The molecule has 0 heterocycles. The van der Waals surface area contributed by atoms with Crippen LogP contribution >= 0.6 is 0 Å². The predicted molar refractivity (Wildman–Crippen MR) is 114 cm³/mol. The minimum Gasteiger partial charge on any atom is -0.319 e. The largest absolute Gasteiger partial charge is 0.319 e. The second-order valence-corrected chi connectivity index (χ2v) is 10.8. The number of halogens is 2. The molecule has 0 bridgehead atoms. The van der Waals surface area contributed by atoms with E-state index in [2.05, 4.69) is 5.32 Å². The Kier molecular flexibility index (Phi) is 5.72. The van der Waals surface area contributed by atoms with Crippen LogP contribution in [0, 0.1) is 17.6 Å². The number of nitrogens with one attached hydrogen (secondary N) is 1. The first-order valence-corrected chi connectivity index (χ1v) is 12.0. The molecule has 0 radical (unpaired) electrons. The van der Waals surface area contributed by atoms with E-state index < -0.39 is 14.8 Å². The van der Waals surface area contributed by atoms with Crippen molar-refractivity contribution >= 4 is 10.0 Å². The summed E-state index contributed by atoms with van der Waals surface area (Å²) in [4.78, 5) is 0. The first-order chi connectivity index (χ1) is 14.2. The van der Waals surface area contributed by atoms with Crippen LogP contribution < -0.4 is 10.5 Å². The average Bonchev–Trinajstić information content (AvgIpc) is 2.93. The standard InChI is InChI=1S/C23H28F2N2O2S/c1-27-14-18-10-16-12-22(25)17(13-23(6-3-7-23)30(26,28)29)11-21(16)20(18)9-15-4-2-5-19(24)8-15/h2,4-5,8,11-12,18,20,27H,3,6-7,9-10,13-14H2,1H3,(H2,26,28,29). The van der Waals surface area contributed by atoms with Crippen LogP contribution in [0.25, 0.3) is 0 Å². The fourth-order valence-electron chi connectivity index (χ4n) is 5.17. The Labute approximate surface area is 176 Å². The van der Waals surface area contributed by atoms with Crippen molar-refractivity contribution in [2.45, 2.75) is 49.2 Å². The van der Waals surface area contributed by atoms with Gasteiger partial charge in [0.1, 0.15) is 11.6 Å². The molecule has 0 spiro atoms. The van der Waals surface area contributed by atoms with Crippen molar-refractivity contribution in [2.24, 2.45) is 11.1 Å². The summed E-state index contributed by atoms with van der Waals surface area (Å²) in [6.45, 7) is 0.771. The lowest BCUT2D eigenvalue weighted by Gasteiger charge is -2.39. The van der Waals surface area contributed by atoms with E-state index in [1.807, 2.05) is 19.2 Å². The highest BCUT2D eigenvalue weighted by molar-refractivity contribution is 7.90. The van der Waals surface area contributed by atoms with Gasteiger partial charge in [-0.2, -0.15) is 0 Å². The summed E-state index contributed by atoms with van der Waals surface area (Å²) in [5, 5.41) is 8.71. The molecule has 0 saturated heterocycles. The number of sulfonamides is 1. The van der Waals surface area contributed by atoms with E-state index >= 15 is 0 Å². The highest BCUT2D eigenvalue weighted by Gasteiger charge is 2.47. The van der Waals surface area contributed by atoms with Crippen LogP contribution in [-0.4, -0.2) is 26.8 Å². The molecule has 2 aromatic carbocycles. The quantitative estimate of drug-likeness (QED) is 0.701. The van der Waals surface area contributed by atoms with Gasteiger partial charge in [0.15, 0.2) is 0 Å². The van der Waals surface area contributed by atoms with Gasteiger partial charge in [-0.05, 0) is 98.0 Å². The molecule has 7 heteroatoms. The third kappa shape index (κ3) is 3.90.